The van der Waals surface area contributed by atoms with Crippen LogP contribution in [0.1, 0.15) is 27.7 Å². The fourth-order valence-corrected chi connectivity index (χ4v) is 4.75. The first kappa shape index (κ1) is 22.8. The third-order valence-corrected chi connectivity index (χ3v) is 6.83. The molecule has 7 nitrogen and oxygen atoms in total. The van der Waals surface area contributed by atoms with Crippen LogP contribution in [0.3, 0.4) is 0 Å². The number of anilines is 1. The molecule has 170 valence electrons. The minimum absolute atomic E-state index is 0.0416. The summed E-state index contributed by atoms with van der Waals surface area (Å²) in [6, 6.07) is 10.6. The van der Waals surface area contributed by atoms with Crippen molar-refractivity contribution < 1.29 is 24.2 Å². The molecule has 0 spiro atoms. The molecule has 1 fully saturated rings. The van der Waals surface area contributed by atoms with Gasteiger partial charge in [-0.25, -0.2) is 4.98 Å². The van der Waals surface area contributed by atoms with Crippen LogP contribution in [-0.4, -0.2) is 36.0 Å². The summed E-state index contributed by atoms with van der Waals surface area (Å²) in [5.41, 5.74) is 1.66. The van der Waals surface area contributed by atoms with Crippen molar-refractivity contribution >= 4 is 45.5 Å². The molecule has 1 N–H and O–H groups in total. The molecule has 1 unspecified atom stereocenters. The Bertz CT molecular complexity index is 1260. The van der Waals surface area contributed by atoms with Gasteiger partial charge in [0.25, 0.3) is 5.78 Å². The molecule has 1 aliphatic rings. The van der Waals surface area contributed by atoms with Gasteiger partial charge in [-0.05, 0) is 55.8 Å². The zero-order valence-electron chi connectivity index (χ0n) is 18.4. The number of nitrogens with zero attached hydrogens (tertiary/aromatic N) is 2. The van der Waals surface area contributed by atoms with Gasteiger partial charge in [0.1, 0.15) is 5.76 Å². The van der Waals surface area contributed by atoms with Crippen LogP contribution >= 0.6 is 22.9 Å². The van der Waals surface area contributed by atoms with Gasteiger partial charge < -0.3 is 14.6 Å². The summed E-state index contributed by atoms with van der Waals surface area (Å²) in [5.74, 6) is -0.931. The lowest BCUT2D eigenvalue weighted by atomic mass is 9.95. The molecule has 3 aromatic rings. The van der Waals surface area contributed by atoms with Crippen molar-refractivity contribution in [1.82, 2.24) is 4.98 Å². The number of halogens is 1. The third-order valence-electron chi connectivity index (χ3n) is 5.51. The van der Waals surface area contributed by atoms with Gasteiger partial charge in [-0.15, -0.1) is 11.3 Å². The first-order chi connectivity index (χ1) is 15.8. The zero-order valence-corrected chi connectivity index (χ0v) is 20.0. The molecule has 0 aliphatic carbocycles. The Kier molecular flexibility index (Phi) is 6.14. The molecule has 33 heavy (non-hydrogen) atoms. The van der Waals surface area contributed by atoms with Crippen LogP contribution in [0.4, 0.5) is 5.13 Å². The predicted molar refractivity (Wildman–Crippen MR) is 127 cm³/mol. The van der Waals surface area contributed by atoms with E-state index in [1.807, 2.05) is 13.8 Å². The number of aromatic nitrogens is 1. The van der Waals surface area contributed by atoms with Crippen molar-refractivity contribution in [3.8, 4) is 11.5 Å². The Morgan fingerprint density at radius 3 is 2.30 bits per heavy atom. The van der Waals surface area contributed by atoms with Crippen LogP contribution < -0.4 is 14.4 Å². The fourth-order valence-electron chi connectivity index (χ4n) is 3.69. The van der Waals surface area contributed by atoms with E-state index in [4.69, 9.17) is 21.1 Å². The highest BCUT2D eigenvalue weighted by atomic mass is 35.5. The molecule has 1 aromatic heterocycles. The molecular formula is C24H21ClN2O5S. The topological polar surface area (TPSA) is 89.0 Å². The van der Waals surface area contributed by atoms with Gasteiger partial charge in [-0.2, -0.15) is 0 Å². The maximum absolute atomic E-state index is 13.2. The van der Waals surface area contributed by atoms with Crippen molar-refractivity contribution in [1.29, 1.82) is 0 Å². The summed E-state index contributed by atoms with van der Waals surface area (Å²) in [6.07, 6.45) is 0. The highest BCUT2D eigenvalue weighted by Crippen LogP contribution is 2.45. The van der Waals surface area contributed by atoms with Crippen LogP contribution in [0.25, 0.3) is 5.76 Å². The number of carbonyl (C=O) groups is 2. The Hall–Kier alpha value is -3.36. The lowest BCUT2D eigenvalue weighted by molar-refractivity contribution is -0.132. The van der Waals surface area contributed by atoms with E-state index in [1.165, 1.54) is 30.5 Å². The number of hydrogen-bond donors (Lipinski definition) is 1. The zero-order chi connectivity index (χ0) is 23.9. The SMILES string of the molecule is COc1ccc(C2/C(=C(\O)c3ccc(Cl)cc3)C(=O)C(=O)N2c2nc(C)c(C)s2)cc1OC. The fraction of sp³-hybridized carbons (Fsp3) is 0.208. The lowest BCUT2D eigenvalue weighted by Crippen LogP contribution is -2.29. The Balaban J connectivity index is 1.97. The number of hydrogen-bond acceptors (Lipinski definition) is 7. The van der Waals surface area contributed by atoms with E-state index in [9.17, 15) is 14.7 Å². The van der Waals surface area contributed by atoms with Gasteiger partial charge in [0.05, 0.1) is 31.5 Å². The number of aliphatic hydroxyl groups is 1. The van der Waals surface area contributed by atoms with Crippen LogP contribution in [-0.2, 0) is 9.59 Å². The molecule has 1 aliphatic heterocycles. The van der Waals surface area contributed by atoms with Crippen LogP contribution in [0.2, 0.25) is 5.02 Å². The standard InChI is InChI=1S/C24H21ClN2O5S/c1-12-13(2)33-24(26-12)27-20(15-7-10-17(31-3)18(11-15)32-4)19(22(29)23(27)30)21(28)14-5-8-16(25)9-6-14/h5-11,20,28H,1-4H3/b21-19+. The monoisotopic (exact) mass is 484 g/mol. The third kappa shape index (κ3) is 3.96. The molecule has 4 rings (SSSR count). The van der Waals surface area contributed by atoms with E-state index in [0.717, 1.165) is 10.6 Å². The molecule has 0 radical (unpaired) electrons. The number of methoxy groups -OCH3 is 2. The lowest BCUT2D eigenvalue weighted by Gasteiger charge is -2.23. The van der Waals surface area contributed by atoms with E-state index < -0.39 is 17.7 Å². The Morgan fingerprint density at radius 2 is 1.73 bits per heavy atom. The van der Waals surface area contributed by atoms with Crippen molar-refractivity contribution in [2.24, 2.45) is 0 Å². The summed E-state index contributed by atoms with van der Waals surface area (Å²) in [4.78, 5) is 33.2. The summed E-state index contributed by atoms with van der Waals surface area (Å²) in [5, 5.41) is 12.0. The molecule has 1 atom stereocenters. The van der Waals surface area contributed by atoms with Gasteiger partial charge in [0.15, 0.2) is 16.6 Å². The minimum Gasteiger partial charge on any atom is -0.507 e. The molecule has 2 aromatic carbocycles. The number of ether oxygens (including phenoxy) is 2. The van der Waals surface area contributed by atoms with Crippen LogP contribution in [0, 0.1) is 13.8 Å². The Morgan fingerprint density at radius 1 is 1.06 bits per heavy atom. The van der Waals surface area contributed by atoms with Crippen LogP contribution in [0.15, 0.2) is 48.0 Å². The number of amides is 1. The average Bonchev–Trinajstić information content (AvgIpc) is 3.28. The number of rotatable bonds is 5. The van der Waals surface area contributed by atoms with Gasteiger partial charge in [-0.1, -0.05) is 17.7 Å². The van der Waals surface area contributed by atoms with Crippen LogP contribution in [0.5, 0.6) is 11.5 Å². The largest absolute Gasteiger partial charge is 0.507 e. The Labute approximate surface area is 199 Å². The van der Waals surface area contributed by atoms with Crippen molar-refractivity contribution in [2.45, 2.75) is 19.9 Å². The maximum Gasteiger partial charge on any atom is 0.301 e. The highest BCUT2D eigenvalue weighted by molar-refractivity contribution is 7.16. The molecule has 9 heteroatoms. The number of aryl methyl sites for hydroxylation is 2. The van der Waals surface area contributed by atoms with E-state index in [2.05, 4.69) is 4.98 Å². The number of Topliss-reactive ketones (excluding diaryl/α,β-unsaturated/α-hetero) is 1. The second-order valence-corrected chi connectivity index (χ2v) is 9.05. The number of ketones is 1. The number of aliphatic hydroxyl groups excluding tert-OH is 1. The highest BCUT2D eigenvalue weighted by Gasteiger charge is 2.48. The molecule has 0 saturated carbocycles. The van der Waals surface area contributed by atoms with E-state index >= 15 is 0 Å². The first-order valence-corrected chi connectivity index (χ1v) is 11.2. The van der Waals surface area contributed by atoms with E-state index in [1.54, 1.807) is 42.5 Å². The maximum atomic E-state index is 13.2. The molecule has 0 bridgehead atoms. The summed E-state index contributed by atoms with van der Waals surface area (Å²) in [6.45, 7) is 3.73. The smallest absolute Gasteiger partial charge is 0.301 e. The average molecular weight is 485 g/mol. The van der Waals surface area contributed by atoms with Crippen molar-refractivity contribution in [2.75, 3.05) is 19.1 Å². The molecule has 1 saturated heterocycles. The van der Waals surface area contributed by atoms with Gasteiger partial charge in [0.2, 0.25) is 0 Å². The summed E-state index contributed by atoms with van der Waals surface area (Å²) in [7, 11) is 3.02. The molecule has 2 heterocycles. The second-order valence-electron chi connectivity index (χ2n) is 7.43. The van der Waals surface area contributed by atoms with Gasteiger partial charge in [-0.3, -0.25) is 14.5 Å². The molecule has 1 amide bonds. The quantitative estimate of drug-likeness (QED) is 0.309. The minimum atomic E-state index is -0.912. The number of carbonyl (C=O) groups excluding carboxylic acids is 2. The van der Waals surface area contributed by atoms with E-state index in [0.29, 0.717) is 32.8 Å². The van der Waals surface area contributed by atoms with Crippen molar-refractivity contribution in [3.05, 3.63) is 74.8 Å². The van der Waals surface area contributed by atoms with E-state index in [-0.39, 0.29) is 11.3 Å². The first-order valence-electron chi connectivity index (χ1n) is 9.99. The van der Waals surface area contributed by atoms with Crippen molar-refractivity contribution in [3.63, 3.8) is 0 Å². The second kappa shape index (κ2) is 8.88. The summed E-state index contributed by atoms with van der Waals surface area (Å²) < 4.78 is 10.8. The summed E-state index contributed by atoms with van der Waals surface area (Å²) >= 11 is 7.28. The predicted octanol–water partition coefficient (Wildman–Crippen LogP) is 5.06. The number of thiazole rings is 1. The molecular weight excluding hydrogens is 464 g/mol. The number of benzene rings is 2. The van der Waals surface area contributed by atoms with Gasteiger partial charge >= 0.3 is 5.91 Å². The van der Waals surface area contributed by atoms with Gasteiger partial charge in [0, 0.05) is 15.5 Å². The normalized spacial score (nSPS) is 17.5.